The fourth-order valence-corrected chi connectivity index (χ4v) is 6.45. The molecule has 186 valence electrons. The zero-order valence-electron chi connectivity index (χ0n) is 19.0. The third kappa shape index (κ3) is 6.11. The topological polar surface area (TPSA) is 74.3 Å². The number of carbonyl (C=O) groups is 2. The summed E-state index contributed by atoms with van der Waals surface area (Å²) in [4.78, 5) is 20.9. The maximum atomic E-state index is 10.4. The van der Waals surface area contributed by atoms with Crippen molar-refractivity contribution in [2.24, 2.45) is 0 Å². The molecule has 0 aliphatic carbocycles. The molecule has 0 N–H and O–H groups in total. The zero-order chi connectivity index (χ0) is 25.7. The first-order chi connectivity index (χ1) is 16.0. The van der Waals surface area contributed by atoms with E-state index in [0.717, 1.165) is 38.5 Å². The number of hydrogen-bond acceptors (Lipinski definition) is 6. The van der Waals surface area contributed by atoms with Crippen molar-refractivity contribution in [2.75, 3.05) is 28.4 Å². The quantitative estimate of drug-likeness (QED) is 0.176. The summed E-state index contributed by atoms with van der Waals surface area (Å²) in [6.45, 7) is 2.04. The first-order valence-corrected chi connectivity index (χ1v) is 13.6. The largest absolute Gasteiger partial charge is 0.493 e. The number of benzene rings is 2. The van der Waals surface area contributed by atoms with Gasteiger partial charge in [-0.15, -0.1) is 0 Å². The molecule has 1 heterocycles. The van der Waals surface area contributed by atoms with Crippen molar-refractivity contribution in [3.63, 3.8) is 0 Å². The molecule has 12 heteroatoms. The van der Waals surface area contributed by atoms with Crippen molar-refractivity contribution >= 4 is 91.7 Å². The normalized spacial score (nSPS) is 12.9. The number of rotatable bonds is 6. The van der Waals surface area contributed by atoms with Gasteiger partial charge in [-0.3, -0.25) is 9.59 Å². The van der Waals surface area contributed by atoms with Gasteiger partial charge in [-0.2, -0.15) is 0 Å². The van der Waals surface area contributed by atoms with Crippen LogP contribution in [0.1, 0.15) is 29.5 Å². The van der Waals surface area contributed by atoms with Gasteiger partial charge in [0, 0.05) is 23.7 Å². The molecule has 1 aliphatic rings. The maximum Gasteiger partial charge on any atom is 0.239 e. The molecule has 0 atom stereocenters. The molecule has 3 rings (SSSR count). The van der Waals surface area contributed by atoms with Crippen molar-refractivity contribution in [3.05, 3.63) is 40.6 Å². The highest BCUT2D eigenvalue weighted by atomic mass is 79.9. The third-order valence-corrected chi connectivity index (χ3v) is 9.65. The van der Waals surface area contributed by atoms with Crippen molar-refractivity contribution in [1.82, 2.24) is 3.93 Å². The summed E-state index contributed by atoms with van der Waals surface area (Å²) in [5.41, 5.74) is 3.19. The second-order valence-corrected chi connectivity index (χ2v) is 10.8. The van der Waals surface area contributed by atoms with Crippen LogP contribution in [0.25, 0.3) is 0 Å². The van der Waals surface area contributed by atoms with Crippen LogP contribution in [0.5, 0.6) is 23.0 Å². The van der Waals surface area contributed by atoms with Crippen molar-refractivity contribution < 1.29 is 28.5 Å². The summed E-state index contributed by atoms with van der Waals surface area (Å²) in [6.07, 6.45) is 1.33. The third-order valence-electron chi connectivity index (χ3n) is 5.02. The van der Waals surface area contributed by atoms with E-state index in [1.807, 2.05) is 13.0 Å². The molecule has 1 saturated heterocycles. The zero-order valence-corrected chi connectivity index (χ0v) is 26.9. The standard InChI is InChI=1S/C18H18Br4O4.C4H4BrNO2/c1-8-6-11(23-2)16(24-3)13(20)9(8)7-10-12(19)15(22)18(26-5)17(25-4)14(10)21;5-6-3(7)1-2-4(6)8/h6H,7H2,1-5H3;1-2H2. The minimum absolute atomic E-state index is 0.144. The lowest BCUT2D eigenvalue weighted by Crippen LogP contribution is -2.16. The van der Waals surface area contributed by atoms with E-state index >= 15 is 0 Å². The lowest BCUT2D eigenvalue weighted by molar-refractivity contribution is -0.131. The number of hydrogen-bond donors (Lipinski definition) is 0. The van der Waals surface area contributed by atoms with Crippen molar-refractivity contribution in [3.8, 4) is 23.0 Å². The van der Waals surface area contributed by atoms with Crippen molar-refractivity contribution in [1.29, 1.82) is 0 Å². The maximum absolute atomic E-state index is 10.4. The Labute approximate surface area is 240 Å². The first-order valence-electron chi connectivity index (χ1n) is 9.72. The number of methoxy groups -OCH3 is 4. The highest BCUT2D eigenvalue weighted by Crippen LogP contribution is 2.50. The second kappa shape index (κ2) is 12.9. The Morgan fingerprint density at radius 1 is 0.735 bits per heavy atom. The van der Waals surface area contributed by atoms with E-state index < -0.39 is 0 Å². The molecule has 0 radical (unpaired) electrons. The van der Waals surface area contributed by atoms with E-state index in [-0.39, 0.29) is 11.8 Å². The number of amides is 2. The summed E-state index contributed by atoms with van der Waals surface area (Å²) >= 11 is 17.4. The minimum Gasteiger partial charge on any atom is -0.493 e. The Bertz CT molecular complexity index is 1090. The smallest absolute Gasteiger partial charge is 0.239 e. The average molecular weight is 796 g/mol. The molecular formula is C22H22Br5NO6. The summed E-state index contributed by atoms with van der Waals surface area (Å²) in [5.74, 6) is 2.32. The number of imide groups is 1. The average Bonchev–Trinajstić information content (AvgIpc) is 3.11. The Kier molecular flexibility index (Phi) is 11.2. The summed E-state index contributed by atoms with van der Waals surface area (Å²) in [6, 6.07) is 1.97. The monoisotopic (exact) mass is 791 g/mol. The van der Waals surface area contributed by atoms with E-state index in [0.29, 0.717) is 42.3 Å². The fourth-order valence-electron chi connectivity index (χ4n) is 3.24. The van der Waals surface area contributed by atoms with Crippen LogP contribution in [-0.4, -0.2) is 44.2 Å². The van der Waals surface area contributed by atoms with Crippen LogP contribution in [-0.2, 0) is 16.0 Å². The molecular weight excluding hydrogens is 774 g/mol. The minimum atomic E-state index is -0.144. The molecule has 2 aromatic rings. The molecule has 0 unspecified atom stereocenters. The van der Waals surface area contributed by atoms with Crippen LogP contribution in [0.15, 0.2) is 24.0 Å². The van der Waals surface area contributed by atoms with E-state index in [9.17, 15) is 9.59 Å². The second-order valence-electron chi connectivity index (χ2n) is 6.95. The summed E-state index contributed by atoms with van der Waals surface area (Å²) < 4.78 is 26.3. The molecule has 0 saturated carbocycles. The van der Waals surface area contributed by atoms with Crippen LogP contribution in [0.3, 0.4) is 0 Å². The fraction of sp³-hybridized carbons (Fsp3) is 0.364. The number of aryl methyl sites for hydroxylation is 1. The molecule has 0 spiro atoms. The number of carbonyl (C=O) groups excluding carboxylic acids is 2. The predicted molar refractivity (Wildman–Crippen MR) is 147 cm³/mol. The highest BCUT2D eigenvalue weighted by molar-refractivity contribution is 9.13. The van der Waals surface area contributed by atoms with Gasteiger partial charge in [0.15, 0.2) is 23.0 Å². The Balaban J connectivity index is 0.000000430. The van der Waals surface area contributed by atoms with Gasteiger partial charge in [-0.25, -0.2) is 3.93 Å². The number of halogens is 5. The van der Waals surface area contributed by atoms with Crippen molar-refractivity contribution in [2.45, 2.75) is 26.2 Å². The molecule has 34 heavy (non-hydrogen) atoms. The van der Waals surface area contributed by atoms with E-state index in [1.54, 1.807) is 28.4 Å². The molecule has 7 nitrogen and oxygen atoms in total. The van der Waals surface area contributed by atoms with Gasteiger partial charge in [-0.1, -0.05) is 0 Å². The van der Waals surface area contributed by atoms with Crippen LogP contribution in [0, 0.1) is 6.92 Å². The predicted octanol–water partition coefficient (Wildman–Crippen LogP) is 7.12. The van der Waals surface area contributed by atoms with Gasteiger partial charge in [0.05, 0.1) is 58.0 Å². The van der Waals surface area contributed by atoms with Crippen LogP contribution < -0.4 is 18.9 Å². The molecule has 0 bridgehead atoms. The van der Waals surface area contributed by atoms with Crippen LogP contribution in [0.2, 0.25) is 0 Å². The molecule has 2 amide bonds. The van der Waals surface area contributed by atoms with E-state index in [2.05, 4.69) is 79.9 Å². The lowest BCUT2D eigenvalue weighted by Gasteiger charge is -2.20. The molecule has 2 aromatic carbocycles. The van der Waals surface area contributed by atoms with Gasteiger partial charge in [0.1, 0.15) is 0 Å². The van der Waals surface area contributed by atoms with Gasteiger partial charge >= 0.3 is 0 Å². The molecule has 1 fully saturated rings. The number of nitrogens with zero attached hydrogens (tertiary/aromatic N) is 1. The molecule has 1 aliphatic heterocycles. The summed E-state index contributed by atoms with van der Waals surface area (Å²) in [7, 11) is 6.48. The lowest BCUT2D eigenvalue weighted by atomic mass is 9.99. The first kappa shape index (κ1) is 29.4. The van der Waals surface area contributed by atoms with Gasteiger partial charge < -0.3 is 18.9 Å². The number of ether oxygens (including phenoxy) is 4. The Morgan fingerprint density at radius 2 is 1.21 bits per heavy atom. The van der Waals surface area contributed by atoms with E-state index in [4.69, 9.17) is 18.9 Å². The SMILES string of the molecule is COc1cc(C)c(Cc2c(Br)c(Br)c(OC)c(OC)c2Br)c(Br)c1OC.O=C1CCC(=O)N1Br. The van der Waals surface area contributed by atoms with Gasteiger partial charge in [0.25, 0.3) is 0 Å². The summed E-state index contributed by atoms with van der Waals surface area (Å²) in [5, 5.41) is 0. The van der Waals surface area contributed by atoms with Gasteiger partial charge in [-0.05, 0) is 93.4 Å². The van der Waals surface area contributed by atoms with E-state index in [1.165, 1.54) is 0 Å². The van der Waals surface area contributed by atoms with Crippen LogP contribution >= 0.6 is 79.9 Å². The Morgan fingerprint density at radius 3 is 1.62 bits per heavy atom. The Hall–Kier alpha value is -0.820. The highest BCUT2D eigenvalue weighted by Gasteiger charge is 2.26. The van der Waals surface area contributed by atoms with Gasteiger partial charge in [0.2, 0.25) is 11.8 Å². The molecule has 0 aromatic heterocycles. The van der Waals surface area contributed by atoms with Crippen LogP contribution in [0.4, 0.5) is 0 Å².